The van der Waals surface area contributed by atoms with Gasteiger partial charge in [0.1, 0.15) is 5.78 Å². The fourth-order valence-electron chi connectivity index (χ4n) is 8.65. The Morgan fingerprint density at radius 3 is 2.50 bits per heavy atom. The van der Waals surface area contributed by atoms with Crippen molar-refractivity contribution in [1.82, 2.24) is 0 Å². The molecule has 4 saturated carbocycles. The Labute approximate surface area is 226 Å². The zero-order valence-electron chi connectivity index (χ0n) is 22.5. The van der Waals surface area contributed by atoms with Crippen molar-refractivity contribution < 1.29 is 13.7 Å². The number of halogens is 1. The quantitative estimate of drug-likeness (QED) is 0.157. The van der Waals surface area contributed by atoms with Crippen molar-refractivity contribution in [2.24, 2.45) is 40.4 Å². The van der Waals surface area contributed by atoms with E-state index in [1.807, 2.05) is 13.8 Å². The lowest BCUT2D eigenvalue weighted by Crippen LogP contribution is -2.57. The molecule has 4 aliphatic carbocycles. The van der Waals surface area contributed by atoms with E-state index >= 15 is 0 Å². The topological polar surface area (TPSA) is 35.5 Å². The highest BCUT2D eigenvalue weighted by molar-refractivity contribution is 14.2. The van der Waals surface area contributed by atoms with Crippen LogP contribution in [0.4, 0.5) is 0 Å². The van der Waals surface area contributed by atoms with Gasteiger partial charge in [0.05, 0.1) is 28.2 Å². The lowest BCUT2D eigenvalue weighted by Gasteiger charge is -2.60. The first kappa shape index (κ1) is 28.8. The molecular weight excluding hydrogens is 555 g/mol. The van der Waals surface area contributed by atoms with Crippen LogP contribution in [-0.2, 0) is 13.7 Å². The maximum atomic E-state index is 13.6. The minimum atomic E-state index is 0.325. The van der Waals surface area contributed by atoms with Crippen molar-refractivity contribution >= 4 is 36.2 Å². The molecule has 3 nitrogen and oxygen atoms in total. The molecular formula is C29H49IO3S. The maximum absolute atomic E-state index is 13.6. The Balaban J connectivity index is 0.00000158. The second-order valence-corrected chi connectivity index (χ2v) is 13.1. The number of rotatable bonds is 8. The molecule has 196 valence electrons. The summed E-state index contributed by atoms with van der Waals surface area (Å²) in [4.78, 5) is 13.6. The zero-order chi connectivity index (χ0) is 24.9. The van der Waals surface area contributed by atoms with Crippen molar-refractivity contribution in [2.45, 2.75) is 118 Å². The molecule has 4 fully saturated rings. The summed E-state index contributed by atoms with van der Waals surface area (Å²) in [6, 6.07) is 0. The predicted octanol–water partition coefficient (Wildman–Crippen LogP) is 9.34. The van der Waals surface area contributed by atoms with Crippen LogP contribution < -0.4 is 0 Å². The molecule has 0 aliphatic heterocycles. The number of carbonyl (C=O) groups is 1. The number of ketones is 1. The van der Waals surface area contributed by atoms with Crippen LogP contribution in [0.15, 0.2) is 11.8 Å². The Bertz CT molecular complexity index is 711. The van der Waals surface area contributed by atoms with E-state index in [1.54, 1.807) is 7.11 Å². The van der Waals surface area contributed by atoms with Crippen molar-refractivity contribution in [2.75, 3.05) is 7.11 Å². The fourth-order valence-corrected chi connectivity index (χ4v) is 9.81. The molecule has 7 unspecified atom stereocenters. The van der Waals surface area contributed by atoms with Gasteiger partial charge < -0.3 is 8.92 Å². The molecule has 0 aromatic carbocycles. The summed E-state index contributed by atoms with van der Waals surface area (Å²) < 4.78 is 11.5. The van der Waals surface area contributed by atoms with E-state index in [9.17, 15) is 4.79 Å². The Hall–Kier alpha value is 0.250. The van der Waals surface area contributed by atoms with E-state index in [2.05, 4.69) is 48.1 Å². The van der Waals surface area contributed by atoms with Crippen molar-refractivity contribution in [3.8, 4) is 0 Å². The number of ether oxygens (including phenoxy) is 1. The van der Waals surface area contributed by atoms with E-state index < -0.39 is 0 Å². The van der Waals surface area contributed by atoms with E-state index in [0.717, 1.165) is 43.8 Å². The van der Waals surface area contributed by atoms with Gasteiger partial charge in [-0.25, -0.2) is 0 Å². The molecule has 4 aliphatic rings. The summed E-state index contributed by atoms with van der Waals surface area (Å²) in [5, 5.41) is 0. The van der Waals surface area contributed by atoms with Crippen LogP contribution >= 0.6 is 30.4 Å². The minimum absolute atomic E-state index is 0.325. The van der Waals surface area contributed by atoms with E-state index in [4.69, 9.17) is 8.92 Å². The number of Topliss-reactive ketones (excluding diaryl/α,β-unsaturated/α-hetero) is 1. The third-order valence-corrected chi connectivity index (χ3v) is 11.4. The molecule has 34 heavy (non-hydrogen) atoms. The first-order valence-corrected chi connectivity index (χ1v) is 17.4. The van der Waals surface area contributed by atoms with Crippen LogP contribution in [0.1, 0.15) is 112 Å². The molecule has 5 heteroatoms. The third-order valence-electron chi connectivity index (χ3n) is 10.5. The standard InChI is InChI=1S/C27H43IO3S.C2H6/c1-5-7-20(30-4)9-6-8-18-10-11-22-25-23(13-15-26(18,22)2)27(3)14-12-21(31-32-28)16-19(27)17-24(25)29;1-2/h7,18-19,21-23,25H,5-6,8-17H2,1-4H3;1-2H3/b20-7+;/t18?,19?,21-,22?,23?,25?,26?,27?;/m1./s1. The summed E-state index contributed by atoms with van der Waals surface area (Å²) >= 11 is 2.23. The van der Waals surface area contributed by atoms with Crippen LogP contribution in [0.25, 0.3) is 0 Å². The molecule has 0 spiro atoms. The number of hydrogen-bond donors (Lipinski definition) is 0. The highest BCUT2D eigenvalue weighted by atomic mass is 127. The summed E-state index contributed by atoms with van der Waals surface area (Å²) in [5.74, 6) is 4.59. The number of carbonyl (C=O) groups excluding carboxylic acids is 1. The number of methoxy groups -OCH3 is 1. The Morgan fingerprint density at radius 2 is 1.82 bits per heavy atom. The molecule has 0 saturated heterocycles. The second-order valence-electron chi connectivity index (χ2n) is 11.7. The molecule has 0 bridgehead atoms. The zero-order valence-corrected chi connectivity index (χ0v) is 25.5. The van der Waals surface area contributed by atoms with Crippen LogP contribution in [0.3, 0.4) is 0 Å². The fraction of sp³-hybridized carbons (Fsp3) is 0.897. The molecule has 0 amide bonds. The van der Waals surface area contributed by atoms with Gasteiger partial charge >= 0.3 is 0 Å². The SMILES string of the molecule is CC.CC/C=C(\CCCC1CCC2C3C(=O)CC4C[C@H](OSI)CCC4(C)C3CCC12C)OC. The smallest absolute Gasteiger partial charge is 0.136 e. The second kappa shape index (κ2) is 12.7. The molecule has 4 rings (SSSR count). The van der Waals surface area contributed by atoms with Gasteiger partial charge in [0, 0.05) is 40.0 Å². The van der Waals surface area contributed by atoms with Crippen molar-refractivity contribution in [1.29, 1.82) is 0 Å². The monoisotopic (exact) mass is 604 g/mol. The lowest BCUT2D eigenvalue weighted by molar-refractivity contribution is -0.158. The number of allylic oxidation sites excluding steroid dienone is 2. The van der Waals surface area contributed by atoms with Gasteiger partial charge in [0.15, 0.2) is 0 Å². The number of fused-ring (bicyclic) bond motifs is 5. The van der Waals surface area contributed by atoms with Gasteiger partial charge in [-0.05, 0) is 105 Å². The minimum Gasteiger partial charge on any atom is -0.501 e. The summed E-state index contributed by atoms with van der Waals surface area (Å²) in [6.07, 6.45) is 16.6. The normalized spacial score (nSPS) is 41.6. The molecule has 0 aromatic rings. The lowest BCUT2D eigenvalue weighted by atomic mass is 9.44. The van der Waals surface area contributed by atoms with Gasteiger partial charge in [-0.15, -0.1) is 0 Å². The van der Waals surface area contributed by atoms with Gasteiger partial charge in [-0.2, -0.15) is 0 Å². The Kier molecular flexibility index (Phi) is 10.7. The molecule has 0 radical (unpaired) electrons. The first-order valence-electron chi connectivity index (χ1n) is 14.1. The molecule has 0 heterocycles. The first-order chi connectivity index (χ1) is 16.4. The maximum Gasteiger partial charge on any atom is 0.136 e. The van der Waals surface area contributed by atoms with E-state index in [-0.39, 0.29) is 0 Å². The van der Waals surface area contributed by atoms with Gasteiger partial charge in [0.25, 0.3) is 0 Å². The van der Waals surface area contributed by atoms with Crippen LogP contribution in [-0.4, -0.2) is 19.0 Å². The van der Waals surface area contributed by atoms with Crippen molar-refractivity contribution in [3.63, 3.8) is 0 Å². The molecule has 0 N–H and O–H groups in total. The predicted molar refractivity (Wildman–Crippen MR) is 153 cm³/mol. The van der Waals surface area contributed by atoms with Crippen LogP contribution in [0, 0.1) is 40.4 Å². The van der Waals surface area contributed by atoms with Gasteiger partial charge in [-0.1, -0.05) is 34.6 Å². The Morgan fingerprint density at radius 1 is 1.12 bits per heavy atom. The van der Waals surface area contributed by atoms with Crippen molar-refractivity contribution in [3.05, 3.63) is 11.8 Å². The summed E-state index contributed by atoms with van der Waals surface area (Å²) in [6.45, 7) is 11.3. The highest BCUT2D eigenvalue weighted by Crippen LogP contribution is 2.67. The molecule has 0 aromatic heterocycles. The summed E-state index contributed by atoms with van der Waals surface area (Å²) in [7, 11) is 3.27. The van der Waals surface area contributed by atoms with Crippen LogP contribution in [0.5, 0.6) is 0 Å². The van der Waals surface area contributed by atoms with E-state index in [1.165, 1.54) is 54.2 Å². The average molecular weight is 605 g/mol. The molecule has 8 atom stereocenters. The highest BCUT2D eigenvalue weighted by Gasteiger charge is 2.62. The third kappa shape index (κ3) is 5.56. The average Bonchev–Trinajstić information content (AvgIpc) is 3.17. The van der Waals surface area contributed by atoms with Crippen LogP contribution in [0.2, 0.25) is 0 Å². The largest absolute Gasteiger partial charge is 0.501 e. The van der Waals surface area contributed by atoms with Gasteiger partial charge in [-0.3, -0.25) is 4.79 Å². The number of hydrogen-bond acceptors (Lipinski definition) is 4. The summed E-state index contributed by atoms with van der Waals surface area (Å²) in [5.41, 5.74) is 0.700. The van der Waals surface area contributed by atoms with E-state index in [0.29, 0.717) is 46.4 Å². The van der Waals surface area contributed by atoms with Gasteiger partial charge in [0.2, 0.25) is 0 Å².